The highest BCUT2D eigenvalue weighted by atomic mass is 32.2. The van der Waals surface area contributed by atoms with Gasteiger partial charge in [0.05, 0.1) is 18.6 Å². The highest BCUT2D eigenvalue weighted by Gasteiger charge is 2.44. The normalized spacial score (nSPS) is 28.5. The van der Waals surface area contributed by atoms with Crippen LogP contribution in [-0.2, 0) is 0 Å². The molecule has 0 aromatic rings. The smallest absolute Gasteiger partial charge is 0.282 e. The molecule has 2 rings (SSSR count). The summed E-state index contributed by atoms with van der Waals surface area (Å²) in [5.41, 5.74) is 0. The van der Waals surface area contributed by atoms with Crippen molar-refractivity contribution in [3.05, 3.63) is 5.92 Å². The molecule has 73 valence electrons. The van der Waals surface area contributed by atoms with E-state index in [0.717, 1.165) is 17.7 Å². The van der Waals surface area contributed by atoms with Crippen molar-refractivity contribution < 1.29 is 13.2 Å². The molecule has 0 N–H and O–H groups in total. The van der Waals surface area contributed by atoms with Crippen molar-refractivity contribution in [2.45, 2.75) is 18.9 Å². The molecule has 1 radical (unpaired) electrons. The molecule has 1 unspecified atom stereocenters. The fraction of sp³-hybridized carbons (Fsp3) is 0.714. The maximum atomic E-state index is 12.1. The minimum Gasteiger partial charge on any atom is -0.282 e. The monoisotopic (exact) mass is 209 g/mol. The van der Waals surface area contributed by atoms with E-state index in [1.807, 2.05) is 0 Å². The second-order valence-corrected chi connectivity index (χ2v) is 3.93. The molecule has 1 aliphatic heterocycles. The van der Waals surface area contributed by atoms with Crippen LogP contribution in [0.5, 0.6) is 0 Å². The molecule has 1 fully saturated rings. The summed E-state index contributed by atoms with van der Waals surface area (Å²) in [6.45, 7) is -0.453. The summed E-state index contributed by atoms with van der Waals surface area (Å²) in [5.74, 6) is 1.19. The van der Waals surface area contributed by atoms with Gasteiger partial charge in [0.2, 0.25) is 0 Å². The lowest BCUT2D eigenvalue weighted by Gasteiger charge is -2.10. The number of rotatable bonds is 3. The lowest BCUT2D eigenvalue weighted by atomic mass is 10.4. The lowest BCUT2D eigenvalue weighted by molar-refractivity contribution is 0.225. The van der Waals surface area contributed by atoms with Gasteiger partial charge in [0, 0.05) is 5.92 Å². The standard InChI is InChI=1S/C7H8F3N2S/c8-2-4-1-5(4)12-3-13-7(11-12)6(9)10/h5-6H,1-3H2. The summed E-state index contributed by atoms with van der Waals surface area (Å²) in [4.78, 5) is 0. The third-order valence-corrected chi connectivity index (χ3v) is 3.01. The minimum atomic E-state index is -2.50. The van der Waals surface area contributed by atoms with Crippen molar-refractivity contribution in [1.82, 2.24) is 5.01 Å². The molecule has 0 spiro atoms. The Labute approximate surface area is 78.2 Å². The van der Waals surface area contributed by atoms with Crippen molar-refractivity contribution in [2.24, 2.45) is 5.10 Å². The van der Waals surface area contributed by atoms with E-state index in [9.17, 15) is 13.2 Å². The third-order valence-electron chi connectivity index (χ3n) is 2.06. The molecule has 1 heterocycles. The first-order valence-corrected chi connectivity index (χ1v) is 4.87. The Morgan fingerprint density at radius 2 is 2.38 bits per heavy atom. The largest absolute Gasteiger partial charge is 0.288 e. The summed E-state index contributed by atoms with van der Waals surface area (Å²) >= 11 is 1.03. The molecule has 1 atom stereocenters. The van der Waals surface area contributed by atoms with Crippen LogP contribution in [0, 0.1) is 5.92 Å². The highest BCUT2D eigenvalue weighted by molar-refractivity contribution is 8.14. The molecule has 0 amide bonds. The molecule has 13 heavy (non-hydrogen) atoms. The van der Waals surface area contributed by atoms with Gasteiger partial charge in [0.15, 0.2) is 5.04 Å². The van der Waals surface area contributed by atoms with E-state index in [4.69, 9.17) is 0 Å². The van der Waals surface area contributed by atoms with E-state index >= 15 is 0 Å². The SMILES string of the molecule is FC[C]1CC1N1CSC(C(F)F)=N1. The van der Waals surface area contributed by atoms with Crippen LogP contribution in [0.4, 0.5) is 13.2 Å². The molecular weight excluding hydrogens is 201 g/mol. The van der Waals surface area contributed by atoms with Gasteiger partial charge in [-0.25, -0.2) is 8.78 Å². The second-order valence-electron chi connectivity index (χ2n) is 2.96. The van der Waals surface area contributed by atoms with Crippen LogP contribution in [0.2, 0.25) is 0 Å². The quantitative estimate of drug-likeness (QED) is 0.705. The predicted octanol–water partition coefficient (Wildman–Crippen LogP) is 1.89. The van der Waals surface area contributed by atoms with E-state index in [1.54, 1.807) is 5.01 Å². The van der Waals surface area contributed by atoms with Gasteiger partial charge in [-0.1, -0.05) is 11.8 Å². The number of hydrogen-bond donors (Lipinski definition) is 0. The van der Waals surface area contributed by atoms with E-state index in [2.05, 4.69) is 5.10 Å². The maximum absolute atomic E-state index is 12.1. The Balaban J connectivity index is 1.91. The van der Waals surface area contributed by atoms with E-state index < -0.39 is 13.1 Å². The average Bonchev–Trinajstić information content (AvgIpc) is 2.73. The zero-order chi connectivity index (χ0) is 9.42. The highest BCUT2D eigenvalue weighted by Crippen LogP contribution is 2.41. The molecule has 1 saturated carbocycles. The average molecular weight is 209 g/mol. The lowest BCUT2D eigenvalue weighted by Crippen LogP contribution is -2.17. The van der Waals surface area contributed by atoms with Crippen LogP contribution in [0.25, 0.3) is 0 Å². The summed E-state index contributed by atoms with van der Waals surface area (Å²) in [5, 5.41) is 5.12. The van der Waals surface area contributed by atoms with Crippen molar-refractivity contribution in [3.63, 3.8) is 0 Å². The van der Waals surface area contributed by atoms with Crippen LogP contribution in [0.15, 0.2) is 5.10 Å². The number of hydrazone groups is 1. The Morgan fingerprint density at radius 3 is 2.85 bits per heavy atom. The number of nitrogens with zero attached hydrogens (tertiary/aromatic N) is 2. The third kappa shape index (κ3) is 1.77. The Morgan fingerprint density at radius 1 is 1.62 bits per heavy atom. The number of thioether (sulfide) groups is 1. The molecule has 0 bridgehead atoms. The summed E-state index contributed by atoms with van der Waals surface area (Å²) in [7, 11) is 0. The van der Waals surface area contributed by atoms with Gasteiger partial charge in [-0.05, 0) is 6.42 Å². The number of hydrogen-bond acceptors (Lipinski definition) is 3. The Bertz CT molecular complexity index is 234. The molecule has 2 nitrogen and oxygen atoms in total. The maximum Gasteiger partial charge on any atom is 0.288 e. The first-order valence-electron chi connectivity index (χ1n) is 3.89. The second kappa shape index (κ2) is 3.40. The van der Waals surface area contributed by atoms with Crippen LogP contribution in [0.1, 0.15) is 6.42 Å². The summed E-state index contributed by atoms with van der Waals surface area (Å²) in [6.07, 6.45) is -1.83. The molecular formula is C7H8F3N2S. The molecule has 0 aromatic heterocycles. The van der Waals surface area contributed by atoms with Crippen molar-refractivity contribution in [3.8, 4) is 0 Å². The fourth-order valence-corrected chi connectivity index (χ4v) is 2.02. The first-order chi connectivity index (χ1) is 6.22. The van der Waals surface area contributed by atoms with Gasteiger partial charge in [0.25, 0.3) is 6.43 Å². The number of alkyl halides is 3. The van der Waals surface area contributed by atoms with Gasteiger partial charge >= 0.3 is 0 Å². The van der Waals surface area contributed by atoms with Crippen molar-refractivity contribution >= 4 is 16.8 Å². The van der Waals surface area contributed by atoms with Gasteiger partial charge in [0.1, 0.15) is 0 Å². The summed E-state index contributed by atoms with van der Waals surface area (Å²) < 4.78 is 36.3. The van der Waals surface area contributed by atoms with E-state index in [0.29, 0.717) is 12.3 Å². The van der Waals surface area contributed by atoms with Crippen molar-refractivity contribution in [2.75, 3.05) is 12.6 Å². The molecule has 2 aliphatic rings. The Hall–Kier alpha value is -0.390. The zero-order valence-electron chi connectivity index (χ0n) is 6.71. The molecule has 0 aromatic carbocycles. The molecule has 1 aliphatic carbocycles. The zero-order valence-corrected chi connectivity index (χ0v) is 7.53. The van der Waals surface area contributed by atoms with Gasteiger partial charge < -0.3 is 0 Å². The topological polar surface area (TPSA) is 15.6 Å². The number of halogens is 3. The van der Waals surface area contributed by atoms with Crippen LogP contribution in [-0.4, -0.2) is 35.1 Å². The van der Waals surface area contributed by atoms with Crippen LogP contribution < -0.4 is 0 Å². The van der Waals surface area contributed by atoms with E-state index in [1.165, 1.54) is 0 Å². The molecule has 6 heteroatoms. The van der Waals surface area contributed by atoms with Gasteiger partial charge in [-0.3, -0.25) is 9.40 Å². The van der Waals surface area contributed by atoms with Gasteiger partial charge in [-0.2, -0.15) is 5.10 Å². The summed E-state index contributed by atoms with van der Waals surface area (Å²) in [6, 6.07) is -0.0197. The first kappa shape index (κ1) is 9.18. The fourth-order valence-electron chi connectivity index (χ4n) is 1.23. The Kier molecular flexibility index (Phi) is 2.40. The predicted molar refractivity (Wildman–Crippen MR) is 45.4 cm³/mol. The van der Waals surface area contributed by atoms with Crippen LogP contribution in [0.3, 0.4) is 0 Å². The van der Waals surface area contributed by atoms with Crippen LogP contribution >= 0.6 is 11.8 Å². The van der Waals surface area contributed by atoms with Crippen molar-refractivity contribution in [1.29, 1.82) is 0 Å². The van der Waals surface area contributed by atoms with E-state index in [-0.39, 0.29) is 11.1 Å². The minimum absolute atomic E-state index is 0.0197. The van der Waals surface area contributed by atoms with Gasteiger partial charge in [-0.15, -0.1) is 0 Å². The molecule has 0 saturated heterocycles.